The van der Waals surface area contributed by atoms with E-state index in [9.17, 15) is 9.18 Å². The molecule has 0 radical (unpaired) electrons. The molecular formula is C26H28FN3O. The van der Waals surface area contributed by atoms with Crippen molar-refractivity contribution in [3.63, 3.8) is 0 Å². The third kappa shape index (κ3) is 4.15. The van der Waals surface area contributed by atoms with E-state index in [1.807, 2.05) is 17.2 Å². The normalized spacial score (nSPS) is 18.9. The van der Waals surface area contributed by atoms with Crippen LogP contribution in [0.3, 0.4) is 0 Å². The van der Waals surface area contributed by atoms with E-state index < -0.39 is 0 Å². The molecule has 2 N–H and O–H groups in total. The first-order chi connectivity index (χ1) is 15.2. The lowest BCUT2D eigenvalue weighted by molar-refractivity contribution is -0.118. The van der Waals surface area contributed by atoms with Crippen LogP contribution in [-0.4, -0.2) is 30.0 Å². The molecule has 0 spiro atoms. The minimum Gasteiger partial charge on any atom is -0.361 e. The number of unbranched alkanes of at least 4 members (excludes halogenated alkanes) is 1. The molecule has 160 valence electrons. The number of para-hydroxylation sites is 1. The summed E-state index contributed by atoms with van der Waals surface area (Å²) >= 11 is 0. The van der Waals surface area contributed by atoms with Crippen molar-refractivity contribution in [2.45, 2.75) is 44.6 Å². The first-order valence-corrected chi connectivity index (χ1v) is 11.3. The fourth-order valence-corrected chi connectivity index (χ4v) is 4.95. The molecule has 1 amide bonds. The van der Waals surface area contributed by atoms with Crippen LogP contribution >= 0.6 is 0 Å². The third-order valence-electron chi connectivity index (χ3n) is 6.59. The van der Waals surface area contributed by atoms with Crippen molar-refractivity contribution < 1.29 is 9.18 Å². The highest BCUT2D eigenvalue weighted by Crippen LogP contribution is 2.31. The van der Waals surface area contributed by atoms with Crippen molar-refractivity contribution in [3.8, 4) is 0 Å². The van der Waals surface area contributed by atoms with Gasteiger partial charge in [-0.1, -0.05) is 30.7 Å². The summed E-state index contributed by atoms with van der Waals surface area (Å²) in [5.74, 6) is 0.0412. The number of nitrogens with one attached hydrogen (secondary N) is 2. The van der Waals surface area contributed by atoms with E-state index in [4.69, 9.17) is 0 Å². The molecule has 1 unspecified atom stereocenters. The lowest BCUT2D eigenvalue weighted by atomic mass is 9.92. The van der Waals surface area contributed by atoms with Crippen LogP contribution in [0, 0.1) is 5.82 Å². The fourth-order valence-electron chi connectivity index (χ4n) is 4.95. The van der Waals surface area contributed by atoms with Crippen LogP contribution < -0.4 is 10.2 Å². The van der Waals surface area contributed by atoms with Gasteiger partial charge in [0, 0.05) is 53.9 Å². The summed E-state index contributed by atoms with van der Waals surface area (Å²) in [4.78, 5) is 17.7. The lowest BCUT2D eigenvalue weighted by Gasteiger charge is -2.30. The average molecular weight is 418 g/mol. The number of hydrogen-bond donors (Lipinski definition) is 2. The Labute approximate surface area is 182 Å². The van der Waals surface area contributed by atoms with Gasteiger partial charge in [0.1, 0.15) is 5.82 Å². The number of halogens is 1. The van der Waals surface area contributed by atoms with Crippen LogP contribution in [0.25, 0.3) is 16.5 Å². The number of nitrogens with zero attached hydrogens (tertiary/aromatic N) is 1. The predicted molar refractivity (Wildman–Crippen MR) is 124 cm³/mol. The maximum atomic E-state index is 13.7. The molecular weight excluding hydrogens is 389 g/mol. The van der Waals surface area contributed by atoms with Crippen molar-refractivity contribution in [2.75, 3.05) is 18.0 Å². The van der Waals surface area contributed by atoms with Gasteiger partial charge in [-0.3, -0.25) is 4.79 Å². The number of fused-ring (bicyclic) bond motifs is 2. The van der Waals surface area contributed by atoms with Crippen molar-refractivity contribution in [2.24, 2.45) is 0 Å². The van der Waals surface area contributed by atoms with Crippen LogP contribution in [0.5, 0.6) is 0 Å². The smallest absolute Gasteiger partial charge is 0.227 e. The second-order valence-corrected chi connectivity index (χ2v) is 8.60. The minimum atomic E-state index is -0.201. The molecule has 0 bridgehead atoms. The molecule has 1 aromatic heterocycles. The summed E-state index contributed by atoms with van der Waals surface area (Å²) in [5, 5.41) is 4.55. The average Bonchev–Trinajstić information content (AvgIpc) is 3.21. The maximum absolute atomic E-state index is 13.7. The van der Waals surface area contributed by atoms with Crippen LogP contribution in [0.1, 0.15) is 43.2 Å². The minimum absolute atomic E-state index is 0.201. The SMILES string of the molecule is O=C1CCc2ccccc2N1CCCCC1CC(c2c[nH]c3ccc(F)cc23)=CCN1. The van der Waals surface area contributed by atoms with Crippen LogP contribution in [-0.2, 0) is 11.2 Å². The van der Waals surface area contributed by atoms with E-state index in [1.165, 1.54) is 17.2 Å². The highest BCUT2D eigenvalue weighted by molar-refractivity contribution is 5.96. The Hall–Kier alpha value is -2.92. The largest absolute Gasteiger partial charge is 0.361 e. The van der Waals surface area contributed by atoms with Crippen molar-refractivity contribution in [1.29, 1.82) is 0 Å². The molecule has 2 aliphatic heterocycles. The van der Waals surface area contributed by atoms with Gasteiger partial charge in [-0.05, 0) is 61.1 Å². The Morgan fingerprint density at radius 1 is 1.10 bits per heavy atom. The number of hydrogen-bond acceptors (Lipinski definition) is 2. The molecule has 1 atom stereocenters. The summed E-state index contributed by atoms with van der Waals surface area (Å²) in [6, 6.07) is 13.6. The molecule has 5 heteroatoms. The molecule has 0 saturated carbocycles. The summed E-state index contributed by atoms with van der Waals surface area (Å²) in [7, 11) is 0. The number of amides is 1. The zero-order valence-electron chi connectivity index (χ0n) is 17.7. The summed E-state index contributed by atoms with van der Waals surface area (Å²) < 4.78 is 13.7. The van der Waals surface area contributed by atoms with E-state index >= 15 is 0 Å². The van der Waals surface area contributed by atoms with E-state index in [2.05, 4.69) is 34.6 Å². The second-order valence-electron chi connectivity index (χ2n) is 8.60. The van der Waals surface area contributed by atoms with Crippen LogP contribution in [0.4, 0.5) is 10.1 Å². The van der Waals surface area contributed by atoms with Gasteiger partial charge in [-0.25, -0.2) is 4.39 Å². The number of rotatable bonds is 6. The van der Waals surface area contributed by atoms with E-state index in [-0.39, 0.29) is 11.7 Å². The maximum Gasteiger partial charge on any atom is 0.227 e. The molecule has 3 heterocycles. The predicted octanol–water partition coefficient (Wildman–Crippen LogP) is 5.20. The molecule has 31 heavy (non-hydrogen) atoms. The van der Waals surface area contributed by atoms with E-state index in [1.54, 1.807) is 12.1 Å². The van der Waals surface area contributed by atoms with Gasteiger partial charge in [-0.2, -0.15) is 0 Å². The Balaban J connectivity index is 1.17. The Kier molecular flexibility index (Phi) is 5.60. The number of carbonyl (C=O) groups excluding carboxylic acids is 1. The highest BCUT2D eigenvalue weighted by atomic mass is 19.1. The first kappa shape index (κ1) is 20.0. The lowest BCUT2D eigenvalue weighted by Crippen LogP contribution is -2.36. The Morgan fingerprint density at radius 2 is 2.00 bits per heavy atom. The number of anilines is 1. The monoisotopic (exact) mass is 417 g/mol. The number of carbonyl (C=O) groups is 1. The fraction of sp³-hybridized carbons (Fsp3) is 0.346. The third-order valence-corrected chi connectivity index (χ3v) is 6.59. The van der Waals surface area contributed by atoms with Crippen molar-refractivity contribution in [3.05, 3.63) is 71.7 Å². The van der Waals surface area contributed by atoms with Crippen LogP contribution in [0.15, 0.2) is 54.7 Å². The standard InChI is InChI=1S/C26H28FN3O/c27-20-9-10-24-22(16-20)23(17-29-24)19-12-13-28-21(15-19)6-3-4-14-30-25-7-2-1-5-18(25)8-11-26(30)31/h1-2,5,7,9-10,12,16-17,21,28-29H,3-4,6,8,11,13-15H2. The molecule has 0 fully saturated rings. The molecule has 4 nitrogen and oxygen atoms in total. The first-order valence-electron chi connectivity index (χ1n) is 11.3. The highest BCUT2D eigenvalue weighted by Gasteiger charge is 2.23. The van der Waals surface area contributed by atoms with Crippen molar-refractivity contribution in [1.82, 2.24) is 10.3 Å². The van der Waals surface area contributed by atoms with Gasteiger partial charge >= 0.3 is 0 Å². The molecule has 5 rings (SSSR count). The molecule has 0 aliphatic carbocycles. The second kappa shape index (κ2) is 8.67. The van der Waals surface area contributed by atoms with Gasteiger partial charge in [0.05, 0.1) is 0 Å². The number of aromatic nitrogens is 1. The summed E-state index contributed by atoms with van der Waals surface area (Å²) in [6.07, 6.45) is 9.75. The molecule has 3 aromatic rings. The van der Waals surface area contributed by atoms with Gasteiger partial charge < -0.3 is 15.2 Å². The van der Waals surface area contributed by atoms with E-state index in [0.717, 1.165) is 67.3 Å². The van der Waals surface area contributed by atoms with Gasteiger partial charge in [0.15, 0.2) is 0 Å². The number of benzene rings is 2. The van der Waals surface area contributed by atoms with Crippen molar-refractivity contribution >= 4 is 28.1 Å². The zero-order valence-corrected chi connectivity index (χ0v) is 17.7. The molecule has 2 aromatic carbocycles. The van der Waals surface area contributed by atoms with E-state index in [0.29, 0.717) is 12.5 Å². The van der Waals surface area contributed by atoms with Crippen LogP contribution in [0.2, 0.25) is 0 Å². The Bertz CT molecular complexity index is 1130. The van der Waals surface area contributed by atoms with Gasteiger partial charge in [0.2, 0.25) is 5.91 Å². The number of aromatic amines is 1. The molecule has 2 aliphatic rings. The Morgan fingerprint density at radius 3 is 2.94 bits per heavy atom. The number of aryl methyl sites for hydroxylation is 1. The van der Waals surface area contributed by atoms with Gasteiger partial charge in [-0.15, -0.1) is 0 Å². The topological polar surface area (TPSA) is 48.1 Å². The van der Waals surface area contributed by atoms with Gasteiger partial charge in [0.25, 0.3) is 0 Å². The molecule has 0 saturated heterocycles. The quantitative estimate of drug-likeness (QED) is 0.542. The number of H-pyrrole nitrogens is 1. The summed E-state index contributed by atoms with van der Waals surface area (Å²) in [5.41, 5.74) is 5.73. The summed E-state index contributed by atoms with van der Waals surface area (Å²) in [6.45, 7) is 1.62. The zero-order chi connectivity index (χ0) is 21.2.